The average molecular weight is 577 g/mol. The molecule has 2 fully saturated rings. The van der Waals surface area contributed by atoms with Crippen LogP contribution in [0, 0.1) is 23.7 Å². The molecule has 0 heterocycles. The molecule has 26 heavy (non-hydrogen) atoms. The van der Waals surface area contributed by atoms with Gasteiger partial charge in [0.1, 0.15) is 0 Å². The van der Waals surface area contributed by atoms with Crippen LogP contribution in [0.4, 0.5) is 0 Å². The van der Waals surface area contributed by atoms with Gasteiger partial charge in [-0.05, 0) is 0 Å². The number of halogens is 2. The van der Waals surface area contributed by atoms with E-state index in [0.717, 1.165) is 31.0 Å². The van der Waals surface area contributed by atoms with E-state index >= 15 is 0 Å². The van der Waals surface area contributed by atoms with E-state index < -0.39 is 23.7 Å². The zero-order valence-corrected chi connectivity index (χ0v) is 23.0. The zero-order valence-electron chi connectivity index (χ0n) is 16.7. The van der Waals surface area contributed by atoms with Gasteiger partial charge in [0.2, 0.25) is 0 Å². The minimum Gasteiger partial charge on any atom is -1.00 e. The first-order chi connectivity index (χ1) is 11.4. The van der Waals surface area contributed by atoms with Gasteiger partial charge < -0.3 is 24.8 Å². The number of allylic oxidation sites excluding steroid dienone is 8. The molecule has 0 amide bonds. The number of rotatable bonds is 3. The van der Waals surface area contributed by atoms with Crippen molar-refractivity contribution in [3.63, 3.8) is 0 Å². The van der Waals surface area contributed by atoms with Crippen molar-refractivity contribution >= 4 is 5.98 Å². The van der Waals surface area contributed by atoms with Gasteiger partial charge in [0.05, 0.1) is 0 Å². The summed E-state index contributed by atoms with van der Waals surface area (Å²) < 4.78 is 8.07. The molecular weight excluding hydrogens is 542 g/mol. The zero-order chi connectivity index (χ0) is 17.0. The second-order valence-corrected chi connectivity index (χ2v) is 64.9. The van der Waals surface area contributed by atoms with Crippen molar-refractivity contribution in [3.05, 3.63) is 48.6 Å². The first-order valence-electron chi connectivity index (χ1n) is 10.3. The van der Waals surface area contributed by atoms with Crippen LogP contribution in [0.3, 0.4) is 0 Å². The third kappa shape index (κ3) is 3.29. The normalized spacial score (nSPS) is 37.9. The van der Waals surface area contributed by atoms with E-state index in [-0.39, 0.29) is 24.8 Å². The van der Waals surface area contributed by atoms with Gasteiger partial charge in [-0.3, -0.25) is 0 Å². The molecule has 0 aromatic carbocycles. The van der Waals surface area contributed by atoms with Crippen molar-refractivity contribution in [2.45, 2.75) is 55.5 Å². The van der Waals surface area contributed by atoms with Crippen LogP contribution in [-0.4, -0.2) is 5.98 Å². The number of hydrogen-bond donors (Lipinski definition) is 0. The van der Waals surface area contributed by atoms with Crippen LogP contribution in [0.5, 0.6) is 0 Å². The van der Waals surface area contributed by atoms with Gasteiger partial charge in [-0.25, -0.2) is 0 Å². The molecule has 0 aromatic heterocycles. The summed E-state index contributed by atoms with van der Waals surface area (Å²) in [4.78, 5) is 0. The van der Waals surface area contributed by atoms with Gasteiger partial charge in [-0.2, -0.15) is 0 Å². The first-order valence-corrected chi connectivity index (χ1v) is 30.8. The maximum Gasteiger partial charge on any atom is -1.00 e. The van der Waals surface area contributed by atoms with Crippen LogP contribution in [-0.2, 0) is 17.7 Å². The van der Waals surface area contributed by atoms with Gasteiger partial charge in [-0.15, -0.1) is 0 Å². The molecule has 2 saturated carbocycles. The molecular formula is C22H35Cl2HfSi. The summed E-state index contributed by atoms with van der Waals surface area (Å²) in [6.45, 7) is 5.47. The van der Waals surface area contributed by atoms with Crippen molar-refractivity contribution in [1.29, 1.82) is 0 Å². The van der Waals surface area contributed by atoms with Crippen LogP contribution in [0.1, 0.15) is 25.7 Å². The third-order valence-corrected chi connectivity index (χ3v) is 80.9. The Bertz CT molecular complexity index is 586. The molecule has 4 aliphatic rings. The Hall–Kier alpha value is 0.627. The van der Waals surface area contributed by atoms with E-state index in [4.69, 9.17) is 0 Å². The summed E-state index contributed by atoms with van der Waals surface area (Å²) in [5.74, 6) is 2.85. The van der Waals surface area contributed by atoms with E-state index in [1.165, 1.54) is 25.7 Å². The Balaban J connectivity index is 0.00000121. The van der Waals surface area contributed by atoms with E-state index in [9.17, 15) is 0 Å². The fourth-order valence-electron chi connectivity index (χ4n) is 7.17. The van der Waals surface area contributed by atoms with Crippen molar-refractivity contribution in [2.75, 3.05) is 0 Å². The fourth-order valence-corrected chi connectivity index (χ4v) is 54.7. The van der Waals surface area contributed by atoms with Crippen LogP contribution >= 0.6 is 0 Å². The Labute approximate surface area is 175 Å². The Kier molecular flexibility index (Phi) is 7.20. The minimum absolute atomic E-state index is 0. The molecule has 0 aliphatic heterocycles. The molecule has 4 aliphatic carbocycles. The van der Waals surface area contributed by atoms with Crippen molar-refractivity contribution in [3.8, 4) is 0 Å². The van der Waals surface area contributed by atoms with E-state index in [1.807, 2.05) is 0 Å². The van der Waals surface area contributed by atoms with Gasteiger partial charge >= 0.3 is 151 Å². The molecule has 0 saturated heterocycles. The first kappa shape index (κ1) is 22.9. The quantitative estimate of drug-likeness (QED) is 0.433. The minimum atomic E-state index is -2.96. The Morgan fingerprint density at radius 2 is 1.04 bits per heavy atom. The molecule has 0 aromatic rings. The molecule has 6 unspecified atom stereocenters. The number of fused-ring (bicyclic) bond motifs is 2. The second kappa shape index (κ2) is 8.17. The predicted molar refractivity (Wildman–Crippen MR) is 107 cm³/mol. The SMILES string of the molecule is C[SiH](C)[Hf+2]([CH3])([CH3])([CH]1CCC2C=CC=CC21)[CH]1CCC2C=CC=CC21.[Cl-].[Cl-]. The Morgan fingerprint density at radius 1 is 0.654 bits per heavy atom. The molecule has 6 atom stereocenters. The maximum atomic E-state index is 2.95. The van der Waals surface area contributed by atoms with Crippen LogP contribution in [0.25, 0.3) is 0 Å². The van der Waals surface area contributed by atoms with E-state index in [0.29, 0.717) is 0 Å². The van der Waals surface area contributed by atoms with Gasteiger partial charge in [0.25, 0.3) is 0 Å². The summed E-state index contributed by atoms with van der Waals surface area (Å²) in [6, 6.07) is 0. The fraction of sp³-hybridized carbons (Fsp3) is 0.636. The maximum absolute atomic E-state index is 2.96. The Morgan fingerprint density at radius 3 is 1.42 bits per heavy atom. The van der Waals surface area contributed by atoms with Gasteiger partial charge in [0, 0.05) is 0 Å². The monoisotopic (exact) mass is 577 g/mol. The van der Waals surface area contributed by atoms with E-state index in [2.05, 4.69) is 71.1 Å². The summed E-state index contributed by atoms with van der Waals surface area (Å²) in [5.41, 5.74) is 0. The topological polar surface area (TPSA) is 0 Å². The standard InChI is InChI=1S/2C9H11.C2H7Si.2CH3.2ClH.Hf/c2*1-2-5-9-7-3-6-8(9)4-1;1-3-2;;;;;/h2*1-2,4-6,8-9H,3,7H2;3H,1-2H3;2*1H3;2*1H;/q;;;;;;;+2/p-2. The average Bonchev–Trinajstić information content (AvgIpc) is 3.20. The molecule has 0 radical (unpaired) electrons. The summed E-state index contributed by atoms with van der Waals surface area (Å²) in [5, 5.41) is 0. The molecule has 145 valence electrons. The van der Waals surface area contributed by atoms with E-state index in [1.54, 1.807) is 0 Å². The molecule has 0 spiro atoms. The largest absolute Gasteiger partial charge is 1.00 e. The molecule has 0 N–H and O–H groups in total. The van der Waals surface area contributed by atoms with Gasteiger partial charge in [0.15, 0.2) is 0 Å². The predicted octanol–water partition coefficient (Wildman–Crippen LogP) is 0.645. The van der Waals surface area contributed by atoms with Crippen LogP contribution in [0.15, 0.2) is 48.6 Å². The van der Waals surface area contributed by atoms with Crippen molar-refractivity contribution in [2.24, 2.45) is 23.7 Å². The summed E-state index contributed by atoms with van der Waals surface area (Å²) >= 11 is -2.96. The molecule has 0 nitrogen and oxygen atoms in total. The van der Waals surface area contributed by atoms with Crippen molar-refractivity contribution < 1.29 is 42.5 Å². The smallest absolute Gasteiger partial charge is 1.00 e. The number of hydrogen-bond acceptors (Lipinski definition) is 0. The molecule has 4 heteroatoms. The van der Waals surface area contributed by atoms with Crippen LogP contribution in [0.2, 0.25) is 29.8 Å². The summed E-state index contributed by atoms with van der Waals surface area (Å²) in [7, 11) is 0. The third-order valence-electron chi connectivity index (χ3n) is 9.31. The van der Waals surface area contributed by atoms with Crippen LogP contribution < -0.4 is 24.8 Å². The molecule has 0 bridgehead atoms. The summed E-state index contributed by atoms with van der Waals surface area (Å²) in [6.07, 6.45) is 25.6. The second-order valence-electron chi connectivity index (χ2n) is 10.3. The van der Waals surface area contributed by atoms with Crippen molar-refractivity contribution in [1.82, 2.24) is 0 Å². The molecule has 4 rings (SSSR count). The van der Waals surface area contributed by atoms with Gasteiger partial charge in [-0.1, -0.05) is 0 Å².